The summed E-state index contributed by atoms with van der Waals surface area (Å²) in [5.74, 6) is 0. The van der Waals surface area contributed by atoms with E-state index >= 15 is 0 Å². The molecule has 0 amide bonds. The van der Waals surface area contributed by atoms with Gasteiger partial charge in [0, 0.05) is 0 Å². The van der Waals surface area contributed by atoms with Gasteiger partial charge in [0.15, 0.2) is 0 Å². The Morgan fingerprint density at radius 1 is 1.56 bits per heavy atom. The third kappa shape index (κ3) is 12.0. The van der Waals surface area contributed by atoms with E-state index in [1.54, 1.807) is 6.92 Å². The minimum atomic E-state index is -4.27. The van der Waals surface area contributed by atoms with Gasteiger partial charge in [-0.05, 0) is 6.92 Å². The number of allylic oxidation sites excluding steroid dienone is 1. The van der Waals surface area contributed by atoms with Crippen molar-refractivity contribution in [2.45, 2.75) is 6.92 Å². The molecule has 0 spiro atoms. The summed E-state index contributed by atoms with van der Waals surface area (Å²) in [6, 6.07) is 0. The number of phosphoric acid groups is 1. The zero-order valence-corrected chi connectivity index (χ0v) is 5.21. The summed E-state index contributed by atoms with van der Waals surface area (Å²) in [7, 11) is -4.27. The number of rotatable bonds is 2. The minimum absolute atomic E-state index is 0. The molecule has 0 radical (unpaired) electrons. The molecule has 0 aliphatic rings. The van der Waals surface area contributed by atoms with Gasteiger partial charge in [-0.25, -0.2) is 4.57 Å². The first kappa shape index (κ1) is 12.4. The van der Waals surface area contributed by atoms with Gasteiger partial charge in [0.05, 0.1) is 6.26 Å². The molecule has 0 heterocycles. The van der Waals surface area contributed by atoms with Crippen LogP contribution in [0.25, 0.3) is 0 Å². The van der Waals surface area contributed by atoms with E-state index in [1.807, 2.05) is 0 Å². The fourth-order valence-electron chi connectivity index (χ4n) is 0.140. The molecule has 50 valence electrons. The Kier molecular flexibility index (Phi) is 7.52. The predicted octanol–water partition coefficient (Wildman–Crippen LogP) is -0.0192. The van der Waals surface area contributed by atoms with Crippen LogP contribution in [-0.4, -0.2) is 39.3 Å². The normalized spacial score (nSPS) is 11.0. The van der Waals surface area contributed by atoms with Crippen molar-refractivity contribution in [2.24, 2.45) is 0 Å². The first-order valence-corrected chi connectivity index (χ1v) is 3.44. The van der Waals surface area contributed by atoms with Crippen molar-refractivity contribution in [1.82, 2.24) is 0 Å². The Labute approximate surface area is 75.4 Å². The molecule has 0 unspecified atom stereocenters. The average molecular weight is 162 g/mol. The Hall–Kier alpha value is 0.690. The molecule has 0 saturated carbocycles. The Morgan fingerprint density at radius 3 is 2.11 bits per heavy atom. The monoisotopic (exact) mass is 162 g/mol. The fourth-order valence-corrected chi connectivity index (χ4v) is 0.420. The molecule has 0 saturated heterocycles. The molecular weight excluding hydrogens is 154 g/mol. The van der Waals surface area contributed by atoms with Gasteiger partial charge in [0.25, 0.3) is 0 Å². The molecule has 0 bridgehead atoms. The van der Waals surface area contributed by atoms with Gasteiger partial charge in [-0.3, -0.25) is 9.79 Å². The molecular formula is C3H8NaO4P. The molecule has 0 aromatic carbocycles. The van der Waals surface area contributed by atoms with E-state index in [-0.39, 0.29) is 29.6 Å². The van der Waals surface area contributed by atoms with Crippen LogP contribution in [-0.2, 0) is 9.09 Å². The van der Waals surface area contributed by atoms with Gasteiger partial charge in [-0.15, -0.1) is 0 Å². The number of hydrogen-bond donors (Lipinski definition) is 2. The van der Waals surface area contributed by atoms with E-state index in [4.69, 9.17) is 9.79 Å². The topological polar surface area (TPSA) is 66.8 Å². The van der Waals surface area contributed by atoms with Gasteiger partial charge >= 0.3 is 37.4 Å². The second-order valence-corrected chi connectivity index (χ2v) is 2.26. The molecule has 9 heavy (non-hydrogen) atoms. The van der Waals surface area contributed by atoms with Crippen molar-refractivity contribution in [3.8, 4) is 0 Å². The maximum absolute atomic E-state index is 9.81. The van der Waals surface area contributed by atoms with Crippen molar-refractivity contribution < 1.29 is 18.9 Å². The Balaban J connectivity index is 0. The van der Waals surface area contributed by atoms with Crippen LogP contribution in [0.3, 0.4) is 0 Å². The van der Waals surface area contributed by atoms with Crippen molar-refractivity contribution >= 4 is 37.4 Å². The van der Waals surface area contributed by atoms with Gasteiger partial charge in [-0.2, -0.15) is 0 Å². The summed E-state index contributed by atoms with van der Waals surface area (Å²) >= 11 is 0. The van der Waals surface area contributed by atoms with Crippen LogP contribution >= 0.6 is 7.82 Å². The van der Waals surface area contributed by atoms with Gasteiger partial charge in [0.2, 0.25) is 0 Å². The Morgan fingerprint density at radius 2 is 2.00 bits per heavy atom. The van der Waals surface area contributed by atoms with Crippen LogP contribution in [0.2, 0.25) is 0 Å². The molecule has 4 nitrogen and oxygen atoms in total. The van der Waals surface area contributed by atoms with E-state index in [0.29, 0.717) is 0 Å². The molecule has 0 rings (SSSR count). The molecule has 2 N–H and O–H groups in total. The van der Waals surface area contributed by atoms with E-state index < -0.39 is 7.82 Å². The van der Waals surface area contributed by atoms with Gasteiger partial charge < -0.3 is 4.52 Å². The summed E-state index contributed by atoms with van der Waals surface area (Å²) in [6.07, 6.45) is 2.33. The fraction of sp³-hybridized carbons (Fsp3) is 0.333. The van der Waals surface area contributed by atoms with Crippen molar-refractivity contribution in [1.29, 1.82) is 0 Å². The third-order valence-electron chi connectivity index (χ3n) is 0.334. The zero-order chi connectivity index (χ0) is 6.62. The molecule has 0 aliphatic carbocycles. The van der Waals surface area contributed by atoms with Gasteiger partial charge in [0.1, 0.15) is 0 Å². The molecule has 0 aromatic rings. The zero-order valence-electron chi connectivity index (χ0n) is 4.31. The quantitative estimate of drug-likeness (QED) is 0.340. The molecule has 6 heteroatoms. The Bertz CT molecular complexity index is 128. The van der Waals surface area contributed by atoms with Gasteiger partial charge in [-0.1, -0.05) is 6.08 Å². The second kappa shape index (κ2) is 5.47. The number of hydrogen-bond acceptors (Lipinski definition) is 2. The average Bonchev–Trinajstić information content (AvgIpc) is 1.59. The number of phosphoric ester groups is 1. The standard InChI is InChI=1S/C3H7O4P.Na.H/c1-2-3-7-8(4,5)6;;/h2-3H,1H3,(H2,4,5,6);;/b3-2+;;. The summed E-state index contributed by atoms with van der Waals surface area (Å²) in [5, 5.41) is 0. The van der Waals surface area contributed by atoms with Crippen LogP contribution in [0.15, 0.2) is 12.3 Å². The van der Waals surface area contributed by atoms with Crippen LogP contribution in [0.5, 0.6) is 0 Å². The summed E-state index contributed by atoms with van der Waals surface area (Å²) in [6.45, 7) is 1.59. The molecule has 0 aromatic heterocycles. The van der Waals surface area contributed by atoms with E-state index in [9.17, 15) is 4.57 Å². The van der Waals surface area contributed by atoms with E-state index in [2.05, 4.69) is 4.52 Å². The van der Waals surface area contributed by atoms with Crippen molar-refractivity contribution in [2.75, 3.05) is 0 Å². The van der Waals surface area contributed by atoms with Crippen molar-refractivity contribution in [3.63, 3.8) is 0 Å². The third-order valence-corrected chi connectivity index (χ3v) is 0.731. The second-order valence-electron chi connectivity index (χ2n) is 1.07. The molecule has 0 aliphatic heterocycles. The first-order chi connectivity index (χ1) is 3.56. The molecule has 0 fully saturated rings. The van der Waals surface area contributed by atoms with Crippen LogP contribution in [0.1, 0.15) is 6.92 Å². The first-order valence-electron chi connectivity index (χ1n) is 1.91. The van der Waals surface area contributed by atoms with E-state index in [1.165, 1.54) is 6.08 Å². The van der Waals surface area contributed by atoms with Crippen molar-refractivity contribution in [3.05, 3.63) is 12.3 Å². The van der Waals surface area contributed by atoms with Crippen LogP contribution in [0, 0.1) is 0 Å². The van der Waals surface area contributed by atoms with E-state index in [0.717, 1.165) is 6.26 Å². The summed E-state index contributed by atoms with van der Waals surface area (Å²) in [4.78, 5) is 16.0. The summed E-state index contributed by atoms with van der Waals surface area (Å²) in [5.41, 5.74) is 0. The van der Waals surface area contributed by atoms with Crippen LogP contribution in [0.4, 0.5) is 0 Å². The maximum atomic E-state index is 9.81. The van der Waals surface area contributed by atoms with Crippen LogP contribution < -0.4 is 0 Å². The SMILES string of the molecule is C/C=C/OP(=O)(O)O.[NaH]. The summed E-state index contributed by atoms with van der Waals surface area (Å²) < 4.78 is 13.7. The molecule has 0 atom stereocenters. The predicted molar refractivity (Wildman–Crippen MR) is 35.1 cm³/mol.